The van der Waals surface area contributed by atoms with Gasteiger partial charge in [0.1, 0.15) is 0 Å². The van der Waals surface area contributed by atoms with E-state index < -0.39 is 0 Å². The number of carbonyl (C=O) groups is 1. The van der Waals surface area contributed by atoms with E-state index in [2.05, 4.69) is 5.32 Å². The summed E-state index contributed by atoms with van der Waals surface area (Å²) in [5.74, 6) is -0.00495. The number of likely N-dealkylation sites (N-methyl/N-ethyl adjacent to an activating group) is 1. The lowest BCUT2D eigenvalue weighted by molar-refractivity contribution is -0.122. The van der Waals surface area contributed by atoms with E-state index in [1.54, 1.807) is 0 Å². The van der Waals surface area contributed by atoms with E-state index in [1.807, 2.05) is 18.1 Å². The number of nitrogens with one attached hydrogen (secondary N) is 1. The van der Waals surface area contributed by atoms with E-state index >= 15 is 0 Å². The molecule has 0 aliphatic carbocycles. The average molecular weight is 197 g/mol. The summed E-state index contributed by atoms with van der Waals surface area (Å²) in [6.45, 7) is 3.68. The monoisotopic (exact) mass is 197 g/mol. The van der Waals surface area contributed by atoms with Crippen molar-refractivity contribution in [1.82, 2.24) is 10.2 Å². The third-order valence-corrected chi connectivity index (χ3v) is 2.47. The Morgan fingerprint density at radius 3 is 3.00 bits per heavy atom. The number of amides is 1. The van der Waals surface area contributed by atoms with Crippen LogP contribution in [0.4, 0.5) is 0 Å². The Kier molecular flexibility index (Phi) is 4.59. The van der Waals surface area contributed by atoms with Gasteiger partial charge in [0.05, 0.1) is 12.6 Å². The molecule has 1 amide bonds. The molecule has 1 N–H and O–H groups in total. The van der Waals surface area contributed by atoms with Gasteiger partial charge in [-0.1, -0.05) is 6.42 Å². The van der Waals surface area contributed by atoms with Gasteiger partial charge in [-0.2, -0.15) is 0 Å². The average Bonchev–Trinajstić information content (AvgIpc) is 2.19. The Morgan fingerprint density at radius 2 is 2.36 bits per heavy atom. The van der Waals surface area contributed by atoms with Gasteiger partial charge in [0.2, 0.25) is 12.2 Å². The van der Waals surface area contributed by atoms with Crippen LogP contribution in [-0.4, -0.2) is 42.8 Å². The summed E-state index contributed by atoms with van der Waals surface area (Å²) in [6.07, 6.45) is 4.96. The molecule has 14 heavy (non-hydrogen) atoms. The third-order valence-electron chi connectivity index (χ3n) is 2.47. The van der Waals surface area contributed by atoms with Crippen molar-refractivity contribution in [2.24, 2.45) is 0 Å². The highest BCUT2D eigenvalue weighted by Gasteiger charge is 2.23. The summed E-state index contributed by atoms with van der Waals surface area (Å²) in [7, 11) is 0. The molecule has 4 nitrogen and oxygen atoms in total. The van der Waals surface area contributed by atoms with Gasteiger partial charge in [0, 0.05) is 6.54 Å². The first kappa shape index (κ1) is 11.2. The number of hydrogen-bond donors (Lipinski definition) is 1. The maximum atomic E-state index is 11.3. The molecule has 1 rings (SSSR count). The minimum absolute atomic E-state index is 0.00495. The lowest BCUT2D eigenvalue weighted by Gasteiger charge is -2.30. The van der Waals surface area contributed by atoms with E-state index in [0.717, 1.165) is 25.8 Å². The van der Waals surface area contributed by atoms with Gasteiger partial charge in [0.25, 0.3) is 0 Å². The van der Waals surface area contributed by atoms with E-state index in [9.17, 15) is 9.59 Å². The van der Waals surface area contributed by atoms with Crippen molar-refractivity contribution in [3.8, 4) is 0 Å². The van der Waals surface area contributed by atoms with E-state index in [4.69, 9.17) is 0 Å². The maximum Gasteiger partial charge on any atom is 0.234 e. The molecule has 79 valence electrons. The molecule has 1 unspecified atom stereocenters. The van der Waals surface area contributed by atoms with E-state index in [1.165, 1.54) is 0 Å². The normalized spacial score (nSPS) is 23.1. The Morgan fingerprint density at radius 1 is 1.57 bits per heavy atom. The summed E-state index contributed by atoms with van der Waals surface area (Å²) in [6, 6.07) is -0.175. The van der Waals surface area contributed by atoms with Gasteiger partial charge in [-0.15, -0.1) is 0 Å². The van der Waals surface area contributed by atoms with Crippen LogP contribution in [-0.2, 0) is 9.59 Å². The smallest absolute Gasteiger partial charge is 0.234 e. The van der Waals surface area contributed by atoms with Crippen molar-refractivity contribution in [2.45, 2.75) is 32.2 Å². The molecular weight excluding hydrogens is 180 g/mol. The zero-order valence-electron chi connectivity index (χ0n) is 8.58. The van der Waals surface area contributed by atoms with Gasteiger partial charge in [-0.05, 0) is 26.3 Å². The van der Waals surface area contributed by atoms with Crippen molar-refractivity contribution >= 4 is 12.2 Å². The molecule has 1 fully saturated rings. The second-order valence-electron chi connectivity index (χ2n) is 3.55. The number of rotatable bonds is 4. The first-order chi connectivity index (χ1) is 6.77. The lowest BCUT2D eigenvalue weighted by atomic mass is 10.0. The predicted octanol–water partition coefficient (Wildman–Crippen LogP) is 0.0867. The number of piperidine rings is 1. The van der Waals surface area contributed by atoms with Crippen LogP contribution in [0.2, 0.25) is 0 Å². The molecule has 1 saturated heterocycles. The van der Waals surface area contributed by atoms with Crippen molar-refractivity contribution in [2.75, 3.05) is 19.6 Å². The lowest BCUT2D eigenvalue weighted by Crippen LogP contribution is -2.46. The minimum Gasteiger partial charge on any atom is -0.355 e. The fourth-order valence-electron chi connectivity index (χ4n) is 1.75. The van der Waals surface area contributed by atoms with Gasteiger partial charge < -0.3 is 5.32 Å². The number of carbonyl (C=O) groups excluding carboxylic acids is 2. The highest BCUT2D eigenvalue weighted by molar-refractivity contribution is 5.78. The van der Waals surface area contributed by atoms with Crippen LogP contribution in [0.5, 0.6) is 0 Å². The second-order valence-corrected chi connectivity index (χ2v) is 3.55. The molecule has 0 saturated carbocycles. The highest BCUT2D eigenvalue weighted by atomic mass is 16.2. The number of hydrogen-bond acceptors (Lipinski definition) is 3. The van der Waals surface area contributed by atoms with Crippen LogP contribution in [0, 0.1) is 0 Å². The van der Waals surface area contributed by atoms with Crippen LogP contribution in [0.3, 0.4) is 0 Å². The number of likely N-dealkylation sites (tertiary alicyclic amines) is 1. The van der Waals surface area contributed by atoms with Crippen molar-refractivity contribution in [3.63, 3.8) is 0 Å². The van der Waals surface area contributed by atoms with Gasteiger partial charge >= 0.3 is 0 Å². The van der Waals surface area contributed by atoms with Crippen LogP contribution >= 0.6 is 0 Å². The SMILES string of the molecule is CCNC(=O)CN1CCCCC1[C]=O. The topological polar surface area (TPSA) is 49.4 Å². The van der Waals surface area contributed by atoms with Crippen LogP contribution < -0.4 is 5.32 Å². The third kappa shape index (κ3) is 3.10. The molecule has 0 spiro atoms. The molecule has 0 aromatic heterocycles. The maximum absolute atomic E-state index is 11.3. The van der Waals surface area contributed by atoms with Crippen LogP contribution in [0.15, 0.2) is 0 Å². The first-order valence-electron chi connectivity index (χ1n) is 5.16. The molecule has 1 radical (unpaired) electrons. The summed E-state index contributed by atoms with van der Waals surface area (Å²) in [4.78, 5) is 23.8. The fraction of sp³-hybridized carbons (Fsp3) is 0.800. The summed E-state index contributed by atoms with van der Waals surface area (Å²) in [5.41, 5.74) is 0. The Bertz CT molecular complexity index is 206. The molecule has 0 aromatic rings. The van der Waals surface area contributed by atoms with Gasteiger partial charge in [-0.3, -0.25) is 14.5 Å². The van der Waals surface area contributed by atoms with Gasteiger partial charge in [0.15, 0.2) is 0 Å². The molecule has 1 atom stereocenters. The molecule has 1 aliphatic heterocycles. The van der Waals surface area contributed by atoms with Crippen LogP contribution in [0.25, 0.3) is 0 Å². The molecular formula is C10H17N2O2. The highest BCUT2D eigenvalue weighted by Crippen LogP contribution is 2.14. The predicted molar refractivity (Wildman–Crippen MR) is 53.6 cm³/mol. The second kappa shape index (κ2) is 5.75. The molecule has 0 bridgehead atoms. The van der Waals surface area contributed by atoms with E-state index in [0.29, 0.717) is 13.1 Å². The van der Waals surface area contributed by atoms with Crippen molar-refractivity contribution in [1.29, 1.82) is 0 Å². The Hall–Kier alpha value is -0.900. The summed E-state index contributed by atoms with van der Waals surface area (Å²) in [5, 5.41) is 2.73. The largest absolute Gasteiger partial charge is 0.355 e. The van der Waals surface area contributed by atoms with Gasteiger partial charge in [-0.25, -0.2) is 0 Å². The molecule has 1 aliphatic rings. The van der Waals surface area contributed by atoms with Crippen molar-refractivity contribution in [3.05, 3.63) is 0 Å². The zero-order chi connectivity index (χ0) is 10.4. The fourth-order valence-corrected chi connectivity index (χ4v) is 1.75. The molecule has 4 heteroatoms. The first-order valence-corrected chi connectivity index (χ1v) is 5.16. The minimum atomic E-state index is -0.175. The zero-order valence-corrected chi connectivity index (χ0v) is 8.58. The van der Waals surface area contributed by atoms with E-state index in [-0.39, 0.29) is 11.9 Å². The molecule has 0 aromatic carbocycles. The quantitative estimate of drug-likeness (QED) is 0.694. The summed E-state index contributed by atoms with van der Waals surface area (Å²) < 4.78 is 0. The Labute approximate surface area is 84.7 Å². The molecule has 1 heterocycles. The number of nitrogens with zero attached hydrogens (tertiary/aromatic N) is 1. The van der Waals surface area contributed by atoms with Crippen molar-refractivity contribution < 1.29 is 9.59 Å². The summed E-state index contributed by atoms with van der Waals surface area (Å²) >= 11 is 0. The Balaban J connectivity index is 2.39. The standard InChI is InChI=1S/C10H17N2O2/c1-2-11-10(14)7-12-6-4-3-5-9(12)8-13/h9H,2-7H2,1H3,(H,11,14). The van der Waals surface area contributed by atoms with Crippen LogP contribution in [0.1, 0.15) is 26.2 Å².